The van der Waals surface area contributed by atoms with Gasteiger partial charge in [-0.05, 0) is 56.3 Å². The first-order chi connectivity index (χ1) is 12.2. The Labute approximate surface area is 146 Å². The van der Waals surface area contributed by atoms with Crippen LogP contribution in [-0.2, 0) is 0 Å². The average Bonchev–Trinajstić information content (AvgIpc) is 2.64. The second-order valence-electron chi connectivity index (χ2n) is 5.36. The van der Waals surface area contributed by atoms with Gasteiger partial charge >= 0.3 is 0 Å². The van der Waals surface area contributed by atoms with E-state index in [1.54, 1.807) is 24.4 Å². The van der Waals surface area contributed by atoms with Gasteiger partial charge in [0.15, 0.2) is 11.5 Å². The van der Waals surface area contributed by atoms with Crippen LogP contribution < -0.4 is 14.8 Å². The van der Waals surface area contributed by atoms with Crippen molar-refractivity contribution in [3.05, 3.63) is 60.3 Å². The SMILES string of the molecule is CCOc1ccc(C(=O)Nc2cccc3ncccc23)cc1OCC. The molecule has 0 radical (unpaired) electrons. The van der Waals surface area contributed by atoms with Gasteiger partial charge in [0.25, 0.3) is 5.91 Å². The van der Waals surface area contributed by atoms with Gasteiger partial charge in [-0.1, -0.05) is 6.07 Å². The fourth-order valence-electron chi connectivity index (χ4n) is 2.60. The van der Waals surface area contributed by atoms with Crippen molar-refractivity contribution in [3.63, 3.8) is 0 Å². The van der Waals surface area contributed by atoms with Crippen molar-refractivity contribution in [3.8, 4) is 11.5 Å². The largest absolute Gasteiger partial charge is 0.490 e. The lowest BCUT2D eigenvalue weighted by Gasteiger charge is -2.13. The highest BCUT2D eigenvalue weighted by molar-refractivity contribution is 6.08. The molecule has 128 valence electrons. The summed E-state index contributed by atoms with van der Waals surface area (Å²) in [6.07, 6.45) is 1.73. The Morgan fingerprint density at radius 2 is 1.80 bits per heavy atom. The van der Waals surface area contributed by atoms with Gasteiger partial charge in [-0.15, -0.1) is 0 Å². The third kappa shape index (κ3) is 3.71. The summed E-state index contributed by atoms with van der Waals surface area (Å²) < 4.78 is 11.1. The highest BCUT2D eigenvalue weighted by atomic mass is 16.5. The van der Waals surface area contributed by atoms with E-state index in [-0.39, 0.29) is 5.91 Å². The number of carbonyl (C=O) groups is 1. The zero-order valence-electron chi connectivity index (χ0n) is 14.3. The molecule has 0 saturated carbocycles. The Kier molecular flexibility index (Phi) is 5.14. The number of amides is 1. The number of aromatic nitrogens is 1. The summed E-state index contributed by atoms with van der Waals surface area (Å²) in [7, 11) is 0. The lowest BCUT2D eigenvalue weighted by atomic mass is 10.1. The van der Waals surface area contributed by atoms with E-state index >= 15 is 0 Å². The standard InChI is InChI=1S/C20H20N2O3/c1-3-24-18-11-10-14(13-19(18)25-4-2)20(23)22-17-9-5-8-16-15(17)7-6-12-21-16/h5-13H,3-4H2,1-2H3,(H,22,23). The van der Waals surface area contributed by atoms with Crippen LogP contribution in [-0.4, -0.2) is 24.1 Å². The van der Waals surface area contributed by atoms with Gasteiger partial charge in [0, 0.05) is 17.1 Å². The first kappa shape index (κ1) is 16.8. The molecule has 0 bridgehead atoms. The second-order valence-corrected chi connectivity index (χ2v) is 5.36. The summed E-state index contributed by atoms with van der Waals surface area (Å²) in [6, 6.07) is 14.6. The molecular formula is C20H20N2O3. The molecule has 1 aromatic heterocycles. The Hall–Kier alpha value is -3.08. The third-order valence-electron chi connectivity index (χ3n) is 3.70. The van der Waals surface area contributed by atoms with Crippen molar-refractivity contribution in [1.29, 1.82) is 0 Å². The van der Waals surface area contributed by atoms with E-state index in [9.17, 15) is 4.79 Å². The molecule has 1 amide bonds. The molecule has 3 rings (SSSR count). The fourth-order valence-corrected chi connectivity index (χ4v) is 2.60. The highest BCUT2D eigenvalue weighted by Gasteiger charge is 2.13. The molecule has 0 unspecified atom stereocenters. The Balaban J connectivity index is 1.89. The van der Waals surface area contributed by atoms with Gasteiger partial charge in [-0.3, -0.25) is 9.78 Å². The number of nitrogens with one attached hydrogen (secondary N) is 1. The third-order valence-corrected chi connectivity index (χ3v) is 3.70. The van der Waals surface area contributed by atoms with E-state index in [1.807, 2.05) is 44.2 Å². The monoisotopic (exact) mass is 336 g/mol. The number of rotatable bonds is 6. The van der Waals surface area contributed by atoms with Crippen LogP contribution in [0.2, 0.25) is 0 Å². The predicted molar refractivity (Wildman–Crippen MR) is 98.5 cm³/mol. The van der Waals surface area contributed by atoms with Crippen LogP contribution in [0.25, 0.3) is 10.9 Å². The van der Waals surface area contributed by atoms with Crippen LogP contribution >= 0.6 is 0 Å². The van der Waals surface area contributed by atoms with Crippen molar-refractivity contribution >= 4 is 22.5 Å². The van der Waals surface area contributed by atoms with Crippen LogP contribution in [0, 0.1) is 0 Å². The molecule has 0 aliphatic carbocycles. The van der Waals surface area contributed by atoms with Crippen LogP contribution in [0.4, 0.5) is 5.69 Å². The minimum Gasteiger partial charge on any atom is -0.490 e. The Morgan fingerprint density at radius 1 is 1.00 bits per heavy atom. The zero-order chi connectivity index (χ0) is 17.6. The first-order valence-electron chi connectivity index (χ1n) is 8.27. The predicted octanol–water partition coefficient (Wildman–Crippen LogP) is 4.28. The molecule has 1 N–H and O–H groups in total. The number of fused-ring (bicyclic) bond motifs is 1. The summed E-state index contributed by atoms with van der Waals surface area (Å²) in [6.45, 7) is 4.84. The molecule has 0 aliphatic heterocycles. The number of anilines is 1. The highest BCUT2D eigenvalue weighted by Crippen LogP contribution is 2.29. The smallest absolute Gasteiger partial charge is 0.255 e. The number of hydrogen-bond acceptors (Lipinski definition) is 4. The van der Waals surface area contributed by atoms with Gasteiger partial charge < -0.3 is 14.8 Å². The lowest BCUT2D eigenvalue weighted by molar-refractivity contribution is 0.102. The van der Waals surface area contributed by atoms with E-state index in [2.05, 4.69) is 10.3 Å². The molecule has 0 atom stereocenters. The summed E-state index contributed by atoms with van der Waals surface area (Å²) in [4.78, 5) is 17.0. The number of pyridine rings is 1. The number of benzene rings is 2. The van der Waals surface area contributed by atoms with Crippen LogP contribution in [0.5, 0.6) is 11.5 Å². The summed E-state index contributed by atoms with van der Waals surface area (Å²) in [5.41, 5.74) is 2.07. The molecule has 0 aliphatic rings. The zero-order valence-corrected chi connectivity index (χ0v) is 14.3. The van der Waals surface area contributed by atoms with Crippen molar-refractivity contribution in [2.45, 2.75) is 13.8 Å². The fraction of sp³-hybridized carbons (Fsp3) is 0.200. The molecule has 0 saturated heterocycles. The maximum Gasteiger partial charge on any atom is 0.255 e. The van der Waals surface area contributed by atoms with E-state index in [4.69, 9.17) is 9.47 Å². The van der Waals surface area contributed by atoms with Gasteiger partial charge in [-0.25, -0.2) is 0 Å². The number of carbonyl (C=O) groups excluding carboxylic acids is 1. The second kappa shape index (κ2) is 7.66. The van der Waals surface area contributed by atoms with Gasteiger partial charge in [0.1, 0.15) is 0 Å². The molecule has 5 nitrogen and oxygen atoms in total. The van der Waals surface area contributed by atoms with Gasteiger partial charge in [0.05, 0.1) is 24.4 Å². The summed E-state index contributed by atoms with van der Waals surface area (Å²) in [5.74, 6) is 0.993. The Bertz CT molecular complexity index is 888. The van der Waals surface area contributed by atoms with E-state index in [1.165, 1.54) is 0 Å². The van der Waals surface area contributed by atoms with Crippen molar-refractivity contribution in [2.24, 2.45) is 0 Å². The van der Waals surface area contributed by atoms with E-state index in [0.717, 1.165) is 16.6 Å². The molecule has 1 heterocycles. The minimum absolute atomic E-state index is 0.208. The van der Waals surface area contributed by atoms with E-state index in [0.29, 0.717) is 30.3 Å². The lowest BCUT2D eigenvalue weighted by Crippen LogP contribution is -2.12. The van der Waals surface area contributed by atoms with Crippen molar-refractivity contribution in [1.82, 2.24) is 4.98 Å². The summed E-state index contributed by atoms with van der Waals surface area (Å²) in [5, 5.41) is 3.84. The van der Waals surface area contributed by atoms with Crippen molar-refractivity contribution in [2.75, 3.05) is 18.5 Å². The van der Waals surface area contributed by atoms with Crippen LogP contribution in [0.3, 0.4) is 0 Å². The van der Waals surface area contributed by atoms with Crippen LogP contribution in [0.15, 0.2) is 54.7 Å². The molecule has 25 heavy (non-hydrogen) atoms. The molecular weight excluding hydrogens is 316 g/mol. The molecule has 0 spiro atoms. The maximum absolute atomic E-state index is 12.7. The molecule has 0 fully saturated rings. The minimum atomic E-state index is -0.208. The Morgan fingerprint density at radius 3 is 2.60 bits per heavy atom. The molecule has 5 heteroatoms. The van der Waals surface area contributed by atoms with Gasteiger partial charge in [-0.2, -0.15) is 0 Å². The molecule has 3 aromatic rings. The first-order valence-corrected chi connectivity index (χ1v) is 8.27. The number of hydrogen-bond donors (Lipinski definition) is 1. The normalized spacial score (nSPS) is 10.5. The van der Waals surface area contributed by atoms with E-state index < -0.39 is 0 Å². The van der Waals surface area contributed by atoms with Crippen LogP contribution in [0.1, 0.15) is 24.2 Å². The van der Waals surface area contributed by atoms with Crippen molar-refractivity contribution < 1.29 is 14.3 Å². The molecule has 2 aromatic carbocycles. The number of nitrogens with zero attached hydrogens (tertiary/aromatic N) is 1. The maximum atomic E-state index is 12.7. The van der Waals surface area contributed by atoms with Gasteiger partial charge in [0.2, 0.25) is 0 Å². The average molecular weight is 336 g/mol. The number of ether oxygens (including phenoxy) is 2. The topological polar surface area (TPSA) is 60.5 Å². The quantitative estimate of drug-likeness (QED) is 0.730. The summed E-state index contributed by atoms with van der Waals surface area (Å²) >= 11 is 0.